The van der Waals surface area contributed by atoms with Gasteiger partial charge in [0.15, 0.2) is 0 Å². The zero-order valence-corrected chi connectivity index (χ0v) is 21.4. The molecule has 0 heteroatoms. The normalized spacial score (nSPS) is 17.1. The lowest BCUT2D eigenvalue weighted by molar-refractivity contribution is 0.372. The molecule has 1 rings (SSSR count). The number of hydrogen-bond donors (Lipinski definition) is 0. The molecule has 0 aromatic heterocycles. The molecule has 1 fully saturated rings. The molecule has 180 valence electrons. The molecule has 0 aromatic carbocycles. The topological polar surface area (TPSA) is 0 Å². The molecular weight excluding hydrogens is 360 g/mol. The number of unbranched alkanes of at least 4 members (excludes halogenated alkanes) is 16. The molecule has 1 saturated carbocycles. The van der Waals surface area contributed by atoms with Gasteiger partial charge in [0.2, 0.25) is 0 Å². The zero-order chi connectivity index (χ0) is 21.4. The van der Waals surface area contributed by atoms with Crippen LogP contribution in [-0.4, -0.2) is 0 Å². The lowest BCUT2D eigenvalue weighted by atomic mass is 9.90. The van der Waals surface area contributed by atoms with Crippen LogP contribution in [0.3, 0.4) is 0 Å². The molecule has 30 heavy (non-hydrogen) atoms. The maximum absolute atomic E-state index is 2.31. The van der Waals surface area contributed by atoms with Crippen molar-refractivity contribution in [3.8, 4) is 0 Å². The van der Waals surface area contributed by atoms with Crippen molar-refractivity contribution in [2.75, 3.05) is 0 Å². The van der Waals surface area contributed by atoms with E-state index < -0.39 is 0 Å². The van der Waals surface area contributed by atoms with Gasteiger partial charge < -0.3 is 0 Å². The summed E-state index contributed by atoms with van der Waals surface area (Å²) in [6.07, 6.45) is 42.0. The average molecular weight is 421 g/mol. The molecule has 1 aliphatic rings. The Labute approximate surface area is 192 Å². The summed E-state index contributed by atoms with van der Waals surface area (Å²) in [6.45, 7) is 2.31. The second-order valence-electron chi connectivity index (χ2n) is 10.7. The van der Waals surface area contributed by atoms with Crippen LogP contribution < -0.4 is 0 Å². The van der Waals surface area contributed by atoms with Gasteiger partial charge in [0, 0.05) is 0 Å². The fourth-order valence-corrected chi connectivity index (χ4v) is 5.52. The standard InChI is InChI=1S/C30H60/c1-2-3-4-5-6-7-8-9-10-11-12-13-14-15-18-21-24-27-30-28-25-22-19-16-17-20-23-26-29-30/h30H,2-29H2,1H3. The molecule has 0 nitrogen and oxygen atoms in total. The molecule has 1 aliphatic carbocycles. The monoisotopic (exact) mass is 420 g/mol. The molecule has 0 atom stereocenters. The van der Waals surface area contributed by atoms with Crippen LogP contribution in [0, 0.1) is 5.92 Å². The smallest absolute Gasteiger partial charge is 0.0414 e. The lowest BCUT2D eigenvalue weighted by Gasteiger charge is -2.16. The van der Waals surface area contributed by atoms with Gasteiger partial charge in [0.05, 0.1) is 0 Å². The van der Waals surface area contributed by atoms with E-state index >= 15 is 0 Å². The van der Waals surface area contributed by atoms with Gasteiger partial charge in [-0.1, -0.05) is 187 Å². The highest BCUT2D eigenvalue weighted by molar-refractivity contribution is 4.63. The Bertz CT molecular complexity index is 295. The van der Waals surface area contributed by atoms with Gasteiger partial charge in [-0.25, -0.2) is 0 Å². The van der Waals surface area contributed by atoms with E-state index in [0.717, 1.165) is 5.92 Å². The van der Waals surface area contributed by atoms with E-state index in [9.17, 15) is 0 Å². The molecular formula is C30H60. The predicted molar refractivity (Wildman–Crippen MR) is 138 cm³/mol. The Morgan fingerprint density at radius 1 is 0.367 bits per heavy atom. The van der Waals surface area contributed by atoms with Gasteiger partial charge >= 0.3 is 0 Å². The summed E-state index contributed by atoms with van der Waals surface area (Å²) in [6, 6.07) is 0. The van der Waals surface area contributed by atoms with Crippen LogP contribution in [0.15, 0.2) is 0 Å². The maximum atomic E-state index is 2.31. The molecule has 0 radical (unpaired) electrons. The first-order valence-electron chi connectivity index (χ1n) is 14.9. The minimum absolute atomic E-state index is 1.07. The molecule has 0 bridgehead atoms. The van der Waals surface area contributed by atoms with E-state index in [0.29, 0.717) is 0 Å². The summed E-state index contributed by atoms with van der Waals surface area (Å²) in [5.74, 6) is 1.07. The third-order valence-electron chi connectivity index (χ3n) is 7.69. The summed E-state index contributed by atoms with van der Waals surface area (Å²) in [5.41, 5.74) is 0. The van der Waals surface area contributed by atoms with Gasteiger partial charge in [0.25, 0.3) is 0 Å². The Balaban J connectivity index is 1.79. The highest BCUT2D eigenvalue weighted by atomic mass is 14.2. The van der Waals surface area contributed by atoms with Crippen LogP contribution in [0.25, 0.3) is 0 Å². The number of hydrogen-bond acceptors (Lipinski definition) is 0. The van der Waals surface area contributed by atoms with Crippen LogP contribution >= 0.6 is 0 Å². The van der Waals surface area contributed by atoms with Crippen molar-refractivity contribution >= 4 is 0 Å². The van der Waals surface area contributed by atoms with Gasteiger partial charge in [-0.15, -0.1) is 0 Å². The van der Waals surface area contributed by atoms with E-state index in [2.05, 4.69) is 6.92 Å². The van der Waals surface area contributed by atoms with Gasteiger partial charge in [-0.2, -0.15) is 0 Å². The van der Waals surface area contributed by atoms with E-state index in [1.807, 2.05) is 0 Å². The van der Waals surface area contributed by atoms with E-state index in [4.69, 9.17) is 0 Å². The minimum Gasteiger partial charge on any atom is -0.0654 e. The predicted octanol–water partition coefficient (Wildman–Crippen LogP) is 11.6. The highest BCUT2D eigenvalue weighted by Crippen LogP contribution is 2.25. The van der Waals surface area contributed by atoms with Gasteiger partial charge in [0.1, 0.15) is 0 Å². The Hall–Kier alpha value is 0. The van der Waals surface area contributed by atoms with Gasteiger partial charge in [-0.3, -0.25) is 0 Å². The molecule has 0 N–H and O–H groups in total. The third kappa shape index (κ3) is 19.9. The van der Waals surface area contributed by atoms with E-state index in [1.165, 1.54) is 161 Å². The Morgan fingerprint density at radius 2 is 0.667 bits per heavy atom. The van der Waals surface area contributed by atoms with Crippen molar-refractivity contribution < 1.29 is 0 Å². The maximum Gasteiger partial charge on any atom is -0.0414 e. The molecule has 0 aliphatic heterocycles. The van der Waals surface area contributed by atoms with Crippen molar-refractivity contribution in [2.24, 2.45) is 5.92 Å². The first-order chi connectivity index (χ1) is 14.9. The SMILES string of the molecule is CCCCCCCCCCCCCCCCCCCC1CCCCCCCCCC1. The van der Waals surface area contributed by atoms with Gasteiger partial charge in [-0.05, 0) is 5.92 Å². The lowest BCUT2D eigenvalue weighted by Crippen LogP contribution is -2.01. The Kier molecular flexibility index (Phi) is 22.1. The molecule has 0 aromatic rings. The molecule has 0 heterocycles. The minimum atomic E-state index is 1.07. The summed E-state index contributed by atoms with van der Waals surface area (Å²) in [4.78, 5) is 0. The molecule has 0 saturated heterocycles. The van der Waals surface area contributed by atoms with Crippen molar-refractivity contribution in [1.29, 1.82) is 0 Å². The largest absolute Gasteiger partial charge is 0.0654 e. The third-order valence-corrected chi connectivity index (χ3v) is 7.69. The van der Waals surface area contributed by atoms with Crippen molar-refractivity contribution in [3.63, 3.8) is 0 Å². The van der Waals surface area contributed by atoms with Crippen molar-refractivity contribution in [1.82, 2.24) is 0 Å². The molecule has 0 unspecified atom stereocenters. The van der Waals surface area contributed by atoms with E-state index in [1.54, 1.807) is 19.3 Å². The molecule has 0 spiro atoms. The number of rotatable bonds is 18. The fraction of sp³-hybridized carbons (Fsp3) is 1.00. The summed E-state index contributed by atoms with van der Waals surface area (Å²) in [5, 5.41) is 0. The summed E-state index contributed by atoms with van der Waals surface area (Å²) in [7, 11) is 0. The first-order valence-corrected chi connectivity index (χ1v) is 14.9. The second kappa shape index (κ2) is 23.7. The summed E-state index contributed by atoms with van der Waals surface area (Å²) < 4.78 is 0. The summed E-state index contributed by atoms with van der Waals surface area (Å²) >= 11 is 0. The van der Waals surface area contributed by atoms with Crippen LogP contribution in [0.1, 0.15) is 187 Å². The highest BCUT2D eigenvalue weighted by Gasteiger charge is 2.09. The van der Waals surface area contributed by atoms with Crippen LogP contribution in [0.4, 0.5) is 0 Å². The average Bonchev–Trinajstić information content (AvgIpc) is 2.82. The molecule has 0 amide bonds. The van der Waals surface area contributed by atoms with Crippen molar-refractivity contribution in [2.45, 2.75) is 187 Å². The second-order valence-corrected chi connectivity index (χ2v) is 10.7. The van der Waals surface area contributed by atoms with Crippen LogP contribution in [-0.2, 0) is 0 Å². The van der Waals surface area contributed by atoms with E-state index in [-0.39, 0.29) is 0 Å². The fourth-order valence-electron chi connectivity index (χ4n) is 5.52. The van der Waals surface area contributed by atoms with Crippen molar-refractivity contribution in [3.05, 3.63) is 0 Å². The first kappa shape index (κ1) is 28.0. The zero-order valence-electron chi connectivity index (χ0n) is 21.4. The van der Waals surface area contributed by atoms with Crippen LogP contribution in [0.2, 0.25) is 0 Å². The Morgan fingerprint density at radius 3 is 1.03 bits per heavy atom. The quantitative estimate of drug-likeness (QED) is 0.193. The van der Waals surface area contributed by atoms with Crippen LogP contribution in [0.5, 0.6) is 0 Å².